The molecule has 2 aliphatic rings. The van der Waals surface area contributed by atoms with Gasteiger partial charge in [-0.3, -0.25) is 0 Å². The highest BCUT2D eigenvalue weighted by atomic mass is 32.2. The molecule has 20 heavy (non-hydrogen) atoms. The highest BCUT2D eigenvalue weighted by molar-refractivity contribution is 7.86. The zero-order chi connectivity index (χ0) is 14.2. The van der Waals surface area contributed by atoms with Gasteiger partial charge in [-0.2, -0.15) is 17.0 Å². The number of rotatable bonds is 3. The lowest BCUT2D eigenvalue weighted by atomic mass is 10.1. The maximum absolute atomic E-state index is 12.8. The van der Waals surface area contributed by atoms with E-state index in [0.29, 0.717) is 32.8 Å². The summed E-state index contributed by atoms with van der Waals surface area (Å²) in [6.45, 7) is 5.18. The molecule has 6 nitrogen and oxygen atoms in total. The van der Waals surface area contributed by atoms with Gasteiger partial charge >= 0.3 is 0 Å². The minimum Gasteiger partial charge on any atom is -0.379 e. The van der Waals surface area contributed by atoms with Gasteiger partial charge in [0.2, 0.25) is 0 Å². The molecule has 3 heterocycles. The van der Waals surface area contributed by atoms with Crippen molar-refractivity contribution >= 4 is 10.2 Å². The largest absolute Gasteiger partial charge is 0.379 e. The first-order valence-electron chi connectivity index (χ1n) is 7.14. The molecule has 0 unspecified atom stereocenters. The molecule has 0 amide bonds. The van der Waals surface area contributed by atoms with Crippen molar-refractivity contribution in [2.45, 2.75) is 25.9 Å². The zero-order valence-corrected chi connectivity index (χ0v) is 12.6. The van der Waals surface area contributed by atoms with Crippen molar-refractivity contribution in [3.63, 3.8) is 0 Å². The fourth-order valence-corrected chi connectivity index (χ4v) is 4.86. The number of hydrogen-bond acceptors (Lipinski definition) is 3. The van der Waals surface area contributed by atoms with Crippen LogP contribution in [0.1, 0.15) is 25.1 Å². The van der Waals surface area contributed by atoms with Gasteiger partial charge in [0, 0.05) is 38.1 Å². The molecule has 112 valence electrons. The molecule has 0 aromatic carbocycles. The van der Waals surface area contributed by atoms with E-state index in [1.165, 1.54) is 0 Å². The Morgan fingerprint density at radius 2 is 2.00 bits per heavy atom. The normalized spacial score (nSPS) is 25.6. The van der Waals surface area contributed by atoms with E-state index in [1.54, 1.807) is 8.61 Å². The molecule has 2 aliphatic heterocycles. The van der Waals surface area contributed by atoms with Crippen LogP contribution in [0.4, 0.5) is 0 Å². The van der Waals surface area contributed by atoms with Crippen LogP contribution in [-0.4, -0.2) is 54.4 Å². The van der Waals surface area contributed by atoms with Crippen molar-refractivity contribution in [1.82, 2.24) is 13.2 Å². The van der Waals surface area contributed by atoms with Gasteiger partial charge in [-0.05, 0) is 18.6 Å². The Kier molecular flexibility index (Phi) is 3.85. The van der Waals surface area contributed by atoms with Gasteiger partial charge in [0.25, 0.3) is 10.2 Å². The van der Waals surface area contributed by atoms with Crippen LogP contribution < -0.4 is 0 Å². The number of ether oxygens (including phenoxy) is 1. The number of fused-ring (bicyclic) bond motifs is 1. The second-order valence-electron chi connectivity index (χ2n) is 5.18. The average molecular weight is 299 g/mol. The molecule has 1 aromatic rings. The van der Waals surface area contributed by atoms with Crippen LogP contribution in [0.2, 0.25) is 0 Å². The summed E-state index contributed by atoms with van der Waals surface area (Å²) in [5, 5.41) is 0. The first-order valence-corrected chi connectivity index (χ1v) is 8.54. The average Bonchev–Trinajstić information content (AvgIpc) is 2.95. The molecule has 1 aromatic heterocycles. The van der Waals surface area contributed by atoms with E-state index in [0.717, 1.165) is 18.7 Å². The maximum atomic E-state index is 12.8. The van der Waals surface area contributed by atoms with E-state index in [-0.39, 0.29) is 6.04 Å². The van der Waals surface area contributed by atoms with Gasteiger partial charge < -0.3 is 9.30 Å². The Morgan fingerprint density at radius 1 is 1.25 bits per heavy atom. The highest BCUT2D eigenvalue weighted by Gasteiger charge is 2.38. The lowest BCUT2D eigenvalue weighted by molar-refractivity contribution is 0.0683. The smallest absolute Gasteiger partial charge is 0.282 e. The van der Waals surface area contributed by atoms with Crippen LogP contribution >= 0.6 is 0 Å². The summed E-state index contributed by atoms with van der Waals surface area (Å²) in [6.07, 6.45) is 2.81. The molecule has 0 N–H and O–H groups in total. The fraction of sp³-hybridized carbons (Fsp3) is 0.692. The quantitative estimate of drug-likeness (QED) is 0.831. The third kappa shape index (κ3) is 2.28. The van der Waals surface area contributed by atoms with Crippen LogP contribution in [0.25, 0.3) is 0 Å². The van der Waals surface area contributed by atoms with Crippen molar-refractivity contribution in [2.75, 3.05) is 32.8 Å². The molecule has 0 spiro atoms. The molecular weight excluding hydrogens is 278 g/mol. The standard InChI is InChI=1S/C13H21N3O3S/c1-2-12-13-4-3-5-14(13)6-7-16(12)20(17,18)15-8-10-19-11-9-15/h3-5,12H,2,6-11H2,1H3/t12-/m1/s1. The lowest BCUT2D eigenvalue weighted by Crippen LogP contribution is -2.51. The van der Waals surface area contributed by atoms with E-state index in [4.69, 9.17) is 4.74 Å². The summed E-state index contributed by atoms with van der Waals surface area (Å²) in [6, 6.07) is 3.95. The Morgan fingerprint density at radius 3 is 2.70 bits per heavy atom. The third-order valence-electron chi connectivity index (χ3n) is 4.09. The molecule has 3 rings (SSSR count). The van der Waals surface area contributed by atoms with Crippen LogP contribution in [0, 0.1) is 0 Å². The summed E-state index contributed by atoms with van der Waals surface area (Å²) in [5.74, 6) is 0. The molecule has 0 radical (unpaired) electrons. The summed E-state index contributed by atoms with van der Waals surface area (Å²) < 4.78 is 36.3. The van der Waals surface area contributed by atoms with Crippen molar-refractivity contribution in [2.24, 2.45) is 0 Å². The Labute approximate surface area is 120 Å². The zero-order valence-electron chi connectivity index (χ0n) is 11.7. The van der Waals surface area contributed by atoms with Crippen molar-refractivity contribution < 1.29 is 13.2 Å². The molecule has 0 saturated carbocycles. The minimum absolute atomic E-state index is 0.0633. The lowest BCUT2D eigenvalue weighted by Gasteiger charge is -2.39. The molecule has 7 heteroatoms. The maximum Gasteiger partial charge on any atom is 0.282 e. The third-order valence-corrected chi connectivity index (χ3v) is 6.14. The highest BCUT2D eigenvalue weighted by Crippen LogP contribution is 2.32. The Balaban J connectivity index is 1.89. The second kappa shape index (κ2) is 5.48. The van der Waals surface area contributed by atoms with Crippen molar-refractivity contribution in [3.8, 4) is 0 Å². The molecule has 1 fully saturated rings. The van der Waals surface area contributed by atoms with E-state index in [9.17, 15) is 8.42 Å². The van der Waals surface area contributed by atoms with E-state index in [1.807, 2.05) is 25.3 Å². The number of aromatic nitrogens is 1. The van der Waals surface area contributed by atoms with E-state index < -0.39 is 10.2 Å². The van der Waals surface area contributed by atoms with Crippen LogP contribution in [0.3, 0.4) is 0 Å². The van der Waals surface area contributed by atoms with Crippen LogP contribution in [0.15, 0.2) is 18.3 Å². The van der Waals surface area contributed by atoms with Crippen molar-refractivity contribution in [3.05, 3.63) is 24.0 Å². The monoisotopic (exact) mass is 299 g/mol. The predicted molar refractivity (Wildman–Crippen MR) is 75.5 cm³/mol. The number of morpholine rings is 1. The first-order chi connectivity index (χ1) is 9.64. The summed E-state index contributed by atoms with van der Waals surface area (Å²) >= 11 is 0. The van der Waals surface area contributed by atoms with Gasteiger partial charge in [-0.25, -0.2) is 0 Å². The molecular formula is C13H21N3O3S. The van der Waals surface area contributed by atoms with Crippen LogP contribution in [0.5, 0.6) is 0 Å². The van der Waals surface area contributed by atoms with Gasteiger partial charge in [-0.1, -0.05) is 6.92 Å². The molecule has 0 bridgehead atoms. The van der Waals surface area contributed by atoms with Gasteiger partial charge in [0.15, 0.2) is 0 Å². The predicted octanol–water partition coefficient (Wildman–Crippen LogP) is 0.832. The summed E-state index contributed by atoms with van der Waals surface area (Å²) in [4.78, 5) is 0. The second-order valence-corrected chi connectivity index (χ2v) is 7.06. The SMILES string of the molecule is CC[C@@H]1c2cccn2CCN1S(=O)(=O)N1CCOCC1. The van der Waals surface area contributed by atoms with Crippen LogP contribution in [-0.2, 0) is 21.5 Å². The Hall–Kier alpha value is -0.890. The van der Waals surface area contributed by atoms with Gasteiger partial charge in [-0.15, -0.1) is 0 Å². The number of hydrogen-bond donors (Lipinski definition) is 0. The molecule has 0 aliphatic carbocycles. The van der Waals surface area contributed by atoms with Gasteiger partial charge in [0.05, 0.1) is 19.3 Å². The minimum atomic E-state index is -3.39. The van der Waals surface area contributed by atoms with E-state index >= 15 is 0 Å². The topological polar surface area (TPSA) is 54.8 Å². The first kappa shape index (κ1) is 14.1. The molecule has 1 atom stereocenters. The Bertz CT molecular complexity index is 563. The van der Waals surface area contributed by atoms with Gasteiger partial charge in [0.1, 0.15) is 0 Å². The van der Waals surface area contributed by atoms with Crippen molar-refractivity contribution in [1.29, 1.82) is 0 Å². The molecule has 1 saturated heterocycles. The summed E-state index contributed by atoms with van der Waals surface area (Å²) in [5.41, 5.74) is 1.09. The number of nitrogens with zero attached hydrogens (tertiary/aromatic N) is 3. The van der Waals surface area contributed by atoms with E-state index in [2.05, 4.69) is 4.57 Å². The fourth-order valence-electron chi connectivity index (χ4n) is 3.06. The summed E-state index contributed by atoms with van der Waals surface area (Å²) in [7, 11) is -3.39.